The van der Waals surface area contributed by atoms with E-state index in [-0.39, 0.29) is 13.0 Å². The summed E-state index contributed by atoms with van der Waals surface area (Å²) in [4.78, 5) is 12.6. The summed E-state index contributed by atoms with van der Waals surface area (Å²) in [5, 5.41) is 3.26. The number of hydrogen-bond donors (Lipinski definition) is 1. The van der Waals surface area contributed by atoms with Gasteiger partial charge in [0.2, 0.25) is 15.9 Å². The van der Waals surface area contributed by atoms with Gasteiger partial charge in [-0.05, 0) is 53.9 Å². The Bertz CT molecular complexity index is 1200. The molecule has 1 amide bonds. The van der Waals surface area contributed by atoms with Crippen LogP contribution in [-0.2, 0) is 27.8 Å². The molecule has 3 aromatic carbocycles. The molecule has 30 heavy (non-hydrogen) atoms. The number of fused-ring (bicyclic) bond motifs is 1. The minimum Gasteiger partial charge on any atom is -0.325 e. The van der Waals surface area contributed by atoms with E-state index >= 15 is 0 Å². The fourth-order valence-corrected chi connectivity index (χ4v) is 5.27. The third-order valence-corrected chi connectivity index (χ3v) is 7.18. The van der Waals surface area contributed by atoms with Crippen LogP contribution in [0.5, 0.6) is 0 Å². The van der Waals surface area contributed by atoms with Gasteiger partial charge >= 0.3 is 0 Å². The van der Waals surface area contributed by atoms with Gasteiger partial charge in [-0.15, -0.1) is 0 Å². The second kappa shape index (κ2) is 8.18. The molecule has 154 valence electrons. The van der Waals surface area contributed by atoms with Crippen LogP contribution in [0.2, 0.25) is 5.02 Å². The largest absolute Gasteiger partial charge is 0.325 e. The summed E-state index contributed by atoms with van der Waals surface area (Å²) in [6, 6.07) is 18.0. The predicted molar refractivity (Wildman–Crippen MR) is 113 cm³/mol. The molecule has 0 aromatic heterocycles. The molecule has 1 heterocycles. The molecule has 3 aromatic rings. The van der Waals surface area contributed by atoms with E-state index in [1.54, 1.807) is 30.3 Å². The first kappa shape index (κ1) is 20.5. The van der Waals surface area contributed by atoms with Crippen molar-refractivity contribution in [1.29, 1.82) is 0 Å². The van der Waals surface area contributed by atoms with Gasteiger partial charge in [-0.2, -0.15) is 4.31 Å². The molecule has 0 radical (unpaired) electrons. The summed E-state index contributed by atoms with van der Waals surface area (Å²) < 4.78 is 42.0. The standard InChI is InChI=1S/C22H18ClFN2O3S/c23-17-9-11-18(12-10-17)25-22(27)20-13-15-5-1-2-6-16(15)14-26(20)30(28,29)21-8-4-3-7-19(21)24/h1-12,20H,13-14H2,(H,25,27)/t20-/m0/s1. The Morgan fingerprint density at radius 3 is 2.30 bits per heavy atom. The van der Waals surface area contributed by atoms with Gasteiger partial charge in [-0.25, -0.2) is 12.8 Å². The van der Waals surface area contributed by atoms with E-state index in [1.165, 1.54) is 18.2 Å². The predicted octanol–water partition coefficient (Wildman–Crippen LogP) is 4.23. The summed E-state index contributed by atoms with van der Waals surface area (Å²) in [5.41, 5.74) is 2.16. The second-order valence-electron chi connectivity index (χ2n) is 6.97. The molecule has 5 nitrogen and oxygen atoms in total. The van der Waals surface area contributed by atoms with Crippen molar-refractivity contribution in [3.63, 3.8) is 0 Å². The summed E-state index contributed by atoms with van der Waals surface area (Å²) in [7, 11) is -4.25. The number of anilines is 1. The van der Waals surface area contributed by atoms with Crippen LogP contribution in [0.15, 0.2) is 77.7 Å². The Labute approximate surface area is 179 Å². The Hall–Kier alpha value is -2.74. The maximum absolute atomic E-state index is 14.3. The molecule has 0 saturated carbocycles. The van der Waals surface area contributed by atoms with Crippen LogP contribution in [0.25, 0.3) is 0 Å². The number of amides is 1. The van der Waals surface area contributed by atoms with Crippen molar-refractivity contribution in [3.05, 3.63) is 94.8 Å². The number of benzene rings is 3. The summed E-state index contributed by atoms with van der Waals surface area (Å²) in [6.45, 7) is -0.0223. The monoisotopic (exact) mass is 444 g/mol. The van der Waals surface area contributed by atoms with E-state index in [9.17, 15) is 17.6 Å². The van der Waals surface area contributed by atoms with Gasteiger partial charge in [0, 0.05) is 17.3 Å². The number of nitrogens with zero attached hydrogens (tertiary/aromatic N) is 1. The molecule has 1 aliphatic rings. The smallest absolute Gasteiger partial charge is 0.247 e. The molecule has 0 bridgehead atoms. The van der Waals surface area contributed by atoms with Crippen LogP contribution in [0.3, 0.4) is 0 Å². The van der Waals surface area contributed by atoms with E-state index in [2.05, 4.69) is 5.32 Å². The molecular formula is C22H18ClFN2O3S. The van der Waals surface area contributed by atoms with E-state index in [0.717, 1.165) is 21.5 Å². The molecule has 1 atom stereocenters. The highest BCUT2D eigenvalue weighted by molar-refractivity contribution is 7.89. The molecule has 0 spiro atoms. The first-order valence-electron chi connectivity index (χ1n) is 9.26. The zero-order chi connectivity index (χ0) is 21.3. The lowest BCUT2D eigenvalue weighted by atomic mass is 9.95. The minimum atomic E-state index is -4.25. The minimum absolute atomic E-state index is 0.0223. The topological polar surface area (TPSA) is 66.5 Å². The summed E-state index contributed by atoms with van der Waals surface area (Å²) in [5.74, 6) is -1.35. The Balaban J connectivity index is 1.73. The summed E-state index contributed by atoms with van der Waals surface area (Å²) in [6.07, 6.45) is 0.184. The van der Waals surface area contributed by atoms with E-state index in [4.69, 9.17) is 11.6 Å². The lowest BCUT2D eigenvalue weighted by Crippen LogP contribution is -2.50. The van der Waals surface area contributed by atoms with Crippen LogP contribution in [0.4, 0.5) is 10.1 Å². The molecule has 0 aliphatic carbocycles. The highest BCUT2D eigenvalue weighted by atomic mass is 35.5. The number of rotatable bonds is 4. The van der Waals surface area contributed by atoms with Crippen molar-refractivity contribution in [2.75, 3.05) is 5.32 Å². The van der Waals surface area contributed by atoms with Crippen molar-refractivity contribution in [2.24, 2.45) is 0 Å². The molecule has 1 N–H and O–H groups in total. The van der Waals surface area contributed by atoms with E-state index in [0.29, 0.717) is 10.7 Å². The maximum atomic E-state index is 14.3. The first-order chi connectivity index (χ1) is 14.4. The van der Waals surface area contributed by atoms with Crippen molar-refractivity contribution >= 4 is 33.2 Å². The van der Waals surface area contributed by atoms with Gasteiger partial charge in [0.1, 0.15) is 16.8 Å². The van der Waals surface area contributed by atoms with Crippen LogP contribution in [-0.4, -0.2) is 24.7 Å². The molecule has 0 saturated heterocycles. The SMILES string of the molecule is O=C(Nc1ccc(Cl)cc1)[C@@H]1Cc2ccccc2CN1S(=O)(=O)c1ccccc1F. The molecule has 1 aliphatic heterocycles. The average molecular weight is 445 g/mol. The number of hydrogen-bond acceptors (Lipinski definition) is 3. The van der Waals surface area contributed by atoms with E-state index < -0.39 is 32.7 Å². The van der Waals surface area contributed by atoms with Crippen LogP contribution >= 0.6 is 11.6 Å². The second-order valence-corrected chi connectivity index (χ2v) is 9.26. The van der Waals surface area contributed by atoms with Crippen molar-refractivity contribution in [3.8, 4) is 0 Å². The molecule has 0 unspecified atom stereocenters. The lowest BCUT2D eigenvalue weighted by molar-refractivity contribution is -0.120. The normalized spacial score (nSPS) is 16.7. The van der Waals surface area contributed by atoms with Crippen LogP contribution < -0.4 is 5.32 Å². The number of nitrogens with one attached hydrogen (secondary N) is 1. The van der Waals surface area contributed by atoms with Gasteiger partial charge in [-0.1, -0.05) is 48.0 Å². The molecule has 4 rings (SSSR count). The zero-order valence-corrected chi connectivity index (χ0v) is 17.3. The Morgan fingerprint density at radius 2 is 1.60 bits per heavy atom. The molecule has 0 fully saturated rings. The average Bonchev–Trinajstić information content (AvgIpc) is 2.74. The third-order valence-electron chi connectivity index (χ3n) is 5.04. The highest BCUT2D eigenvalue weighted by Crippen LogP contribution is 2.30. The van der Waals surface area contributed by atoms with Crippen molar-refractivity contribution in [2.45, 2.75) is 23.9 Å². The zero-order valence-electron chi connectivity index (χ0n) is 15.8. The van der Waals surface area contributed by atoms with Gasteiger partial charge in [0.25, 0.3) is 0 Å². The fraction of sp³-hybridized carbons (Fsp3) is 0.136. The maximum Gasteiger partial charge on any atom is 0.247 e. The van der Waals surface area contributed by atoms with Crippen molar-refractivity contribution < 1.29 is 17.6 Å². The van der Waals surface area contributed by atoms with E-state index in [1.807, 2.05) is 18.2 Å². The van der Waals surface area contributed by atoms with Crippen LogP contribution in [0.1, 0.15) is 11.1 Å². The fourth-order valence-electron chi connectivity index (χ4n) is 3.51. The van der Waals surface area contributed by atoms with Gasteiger partial charge in [0.05, 0.1) is 0 Å². The Kier molecular flexibility index (Phi) is 5.60. The number of halogens is 2. The van der Waals surface area contributed by atoms with Crippen molar-refractivity contribution in [1.82, 2.24) is 4.31 Å². The van der Waals surface area contributed by atoms with Gasteiger partial charge < -0.3 is 5.32 Å². The number of sulfonamides is 1. The molecular weight excluding hydrogens is 427 g/mol. The number of carbonyl (C=O) groups excluding carboxylic acids is 1. The quantitative estimate of drug-likeness (QED) is 0.654. The summed E-state index contributed by atoms with van der Waals surface area (Å²) >= 11 is 5.88. The molecule has 8 heteroatoms. The third kappa shape index (κ3) is 3.96. The highest BCUT2D eigenvalue weighted by Gasteiger charge is 2.40. The van der Waals surface area contributed by atoms with Crippen LogP contribution in [0, 0.1) is 5.82 Å². The van der Waals surface area contributed by atoms with Gasteiger partial charge in [0.15, 0.2) is 0 Å². The van der Waals surface area contributed by atoms with Gasteiger partial charge in [-0.3, -0.25) is 4.79 Å². The first-order valence-corrected chi connectivity index (χ1v) is 11.1. The number of carbonyl (C=O) groups is 1. The lowest BCUT2D eigenvalue weighted by Gasteiger charge is -2.35. The Morgan fingerprint density at radius 1 is 0.967 bits per heavy atom.